The van der Waals surface area contributed by atoms with Gasteiger partial charge in [-0.15, -0.1) is 0 Å². The van der Waals surface area contributed by atoms with Crippen LogP contribution in [0.3, 0.4) is 0 Å². The van der Waals surface area contributed by atoms with Gasteiger partial charge in [-0.25, -0.2) is 9.49 Å². The second-order valence-electron chi connectivity index (χ2n) is 5.60. The smallest absolute Gasteiger partial charge is 0.216 e. The van der Waals surface area contributed by atoms with Gasteiger partial charge in [0.05, 0.1) is 11.8 Å². The normalized spacial score (nSPS) is 11.3. The van der Waals surface area contributed by atoms with E-state index in [0.29, 0.717) is 32.7 Å². The zero-order valence-electron chi connectivity index (χ0n) is 13.8. The molecule has 0 unspecified atom stereocenters. The molecule has 0 amide bonds. The van der Waals surface area contributed by atoms with Gasteiger partial charge in [0.2, 0.25) is 4.77 Å². The summed E-state index contributed by atoms with van der Waals surface area (Å²) in [5.74, 6) is 1.03. The van der Waals surface area contributed by atoms with E-state index in [1.807, 2.05) is 12.1 Å². The highest BCUT2D eigenvalue weighted by atomic mass is 35.5. The van der Waals surface area contributed by atoms with Gasteiger partial charge in [-0.2, -0.15) is 14.9 Å². The van der Waals surface area contributed by atoms with Crippen molar-refractivity contribution in [2.45, 2.75) is 0 Å². The van der Waals surface area contributed by atoms with Crippen LogP contribution in [0.15, 0.2) is 70.2 Å². The minimum absolute atomic E-state index is 0.321. The van der Waals surface area contributed by atoms with Gasteiger partial charge >= 0.3 is 0 Å². The minimum Gasteiger partial charge on any atom is -0.455 e. The molecule has 2 heterocycles. The van der Waals surface area contributed by atoms with Gasteiger partial charge in [-0.05, 0) is 48.6 Å². The summed E-state index contributed by atoms with van der Waals surface area (Å²) >= 11 is 11.3. The lowest BCUT2D eigenvalue weighted by Crippen LogP contribution is -1.94. The number of aromatic amines is 1. The van der Waals surface area contributed by atoms with Crippen molar-refractivity contribution >= 4 is 30.0 Å². The summed E-state index contributed by atoms with van der Waals surface area (Å²) in [4.78, 5) is 0. The monoisotopic (exact) mass is 398 g/mol. The Kier molecular flexibility index (Phi) is 4.70. The van der Waals surface area contributed by atoms with Crippen molar-refractivity contribution in [1.29, 1.82) is 0 Å². The van der Waals surface area contributed by atoms with E-state index in [2.05, 4.69) is 15.3 Å². The molecule has 0 bridgehead atoms. The number of hydrogen-bond donors (Lipinski definition) is 1. The van der Waals surface area contributed by atoms with Crippen LogP contribution < -0.4 is 0 Å². The Bertz CT molecular complexity index is 1190. The Labute approximate surface area is 163 Å². The third kappa shape index (κ3) is 3.60. The topological polar surface area (TPSA) is 59.1 Å². The predicted molar refractivity (Wildman–Crippen MR) is 105 cm³/mol. The second-order valence-corrected chi connectivity index (χ2v) is 6.42. The van der Waals surface area contributed by atoms with Crippen molar-refractivity contribution in [2.75, 3.05) is 0 Å². The maximum atomic E-state index is 13.9. The quantitative estimate of drug-likeness (QED) is 0.362. The number of halogens is 2. The van der Waals surface area contributed by atoms with E-state index < -0.39 is 0 Å². The lowest BCUT2D eigenvalue weighted by atomic mass is 10.1. The molecule has 5 nitrogen and oxygen atoms in total. The molecule has 0 aliphatic rings. The van der Waals surface area contributed by atoms with Crippen LogP contribution in [0.5, 0.6) is 0 Å². The maximum Gasteiger partial charge on any atom is 0.216 e. The maximum absolute atomic E-state index is 13.9. The van der Waals surface area contributed by atoms with Crippen molar-refractivity contribution in [2.24, 2.45) is 5.10 Å². The molecule has 27 heavy (non-hydrogen) atoms. The lowest BCUT2D eigenvalue weighted by molar-refractivity contribution is 0.563. The Morgan fingerprint density at radius 1 is 1.15 bits per heavy atom. The van der Waals surface area contributed by atoms with Crippen molar-refractivity contribution in [3.8, 4) is 22.7 Å². The first kappa shape index (κ1) is 17.4. The van der Waals surface area contributed by atoms with Gasteiger partial charge in [0.15, 0.2) is 5.82 Å². The molecule has 1 N–H and O–H groups in total. The molecule has 0 fully saturated rings. The summed E-state index contributed by atoms with van der Waals surface area (Å²) in [5.41, 5.74) is 1.15. The van der Waals surface area contributed by atoms with Crippen LogP contribution in [0.1, 0.15) is 5.76 Å². The molecule has 0 aliphatic carbocycles. The Morgan fingerprint density at radius 2 is 2.00 bits per heavy atom. The third-order valence-corrected chi connectivity index (χ3v) is 4.30. The molecule has 2 aromatic heterocycles. The SMILES string of the molecule is Fc1ccccc1-c1ccc(/C=N\n2c(-c3cccc(Cl)c3)n[nH]c2=S)o1. The van der Waals surface area contributed by atoms with Gasteiger partial charge in [-0.1, -0.05) is 35.9 Å². The van der Waals surface area contributed by atoms with E-state index in [4.69, 9.17) is 28.2 Å². The Balaban J connectivity index is 1.66. The summed E-state index contributed by atoms with van der Waals surface area (Å²) in [6.45, 7) is 0. The fourth-order valence-electron chi connectivity index (χ4n) is 2.56. The number of rotatable bonds is 4. The molecule has 4 rings (SSSR count). The van der Waals surface area contributed by atoms with Crippen molar-refractivity contribution in [1.82, 2.24) is 14.9 Å². The van der Waals surface area contributed by atoms with Gasteiger partial charge in [0, 0.05) is 10.6 Å². The molecule has 4 aromatic rings. The molecule has 0 saturated heterocycles. The van der Waals surface area contributed by atoms with Gasteiger partial charge in [-0.3, -0.25) is 0 Å². The predicted octanol–water partition coefficient (Wildman–Crippen LogP) is 5.54. The van der Waals surface area contributed by atoms with Crippen LogP contribution in [-0.2, 0) is 0 Å². The molecular weight excluding hydrogens is 387 g/mol. The number of H-pyrrole nitrogens is 1. The zero-order chi connectivity index (χ0) is 18.8. The molecule has 0 aliphatic heterocycles. The highest BCUT2D eigenvalue weighted by Crippen LogP contribution is 2.24. The summed E-state index contributed by atoms with van der Waals surface area (Å²) in [7, 11) is 0. The molecule has 0 atom stereocenters. The average Bonchev–Trinajstić information content (AvgIpc) is 3.27. The van der Waals surface area contributed by atoms with Crippen molar-refractivity contribution < 1.29 is 8.81 Å². The summed E-state index contributed by atoms with van der Waals surface area (Å²) in [5, 5.41) is 11.8. The molecule has 134 valence electrons. The first-order valence-corrected chi connectivity index (χ1v) is 8.73. The number of nitrogens with zero attached hydrogens (tertiary/aromatic N) is 3. The van der Waals surface area contributed by atoms with Crippen LogP contribution in [0.25, 0.3) is 22.7 Å². The number of furan rings is 1. The average molecular weight is 399 g/mol. The fraction of sp³-hybridized carbons (Fsp3) is 0. The standard InChI is InChI=1S/C19H12ClFN4OS/c20-13-5-3-4-12(10-13)18-23-24-19(27)25(18)22-11-14-8-9-17(26-14)15-6-1-2-7-16(15)21/h1-11H,(H,24,27)/b22-11-. The molecule has 0 saturated carbocycles. The lowest BCUT2D eigenvalue weighted by Gasteiger charge is -2.01. The van der Waals surface area contributed by atoms with E-state index >= 15 is 0 Å². The highest BCUT2D eigenvalue weighted by molar-refractivity contribution is 7.71. The summed E-state index contributed by atoms with van der Waals surface area (Å²) < 4.78 is 21.3. The van der Waals surface area contributed by atoms with Crippen molar-refractivity contribution in [3.05, 3.63) is 82.0 Å². The van der Waals surface area contributed by atoms with Crippen LogP contribution in [-0.4, -0.2) is 21.1 Å². The van der Waals surface area contributed by atoms with E-state index in [1.165, 1.54) is 17.0 Å². The largest absolute Gasteiger partial charge is 0.455 e. The van der Waals surface area contributed by atoms with E-state index in [1.54, 1.807) is 42.5 Å². The molecule has 2 aromatic carbocycles. The number of nitrogens with one attached hydrogen (secondary N) is 1. The van der Waals surface area contributed by atoms with Gasteiger partial charge in [0.25, 0.3) is 0 Å². The van der Waals surface area contributed by atoms with E-state index in [-0.39, 0.29) is 5.82 Å². The van der Waals surface area contributed by atoms with Crippen LogP contribution in [0, 0.1) is 10.6 Å². The van der Waals surface area contributed by atoms with Gasteiger partial charge < -0.3 is 4.42 Å². The van der Waals surface area contributed by atoms with E-state index in [9.17, 15) is 4.39 Å². The Hall–Kier alpha value is -3.03. The number of benzene rings is 2. The van der Waals surface area contributed by atoms with E-state index in [0.717, 1.165) is 5.56 Å². The second kappa shape index (κ2) is 7.30. The molecule has 0 radical (unpaired) electrons. The minimum atomic E-state index is -0.351. The highest BCUT2D eigenvalue weighted by Gasteiger charge is 2.10. The van der Waals surface area contributed by atoms with Crippen LogP contribution in [0.4, 0.5) is 4.39 Å². The first-order chi connectivity index (χ1) is 13.1. The molecular formula is C19H12ClFN4OS. The van der Waals surface area contributed by atoms with Crippen LogP contribution >= 0.6 is 23.8 Å². The van der Waals surface area contributed by atoms with Crippen LogP contribution in [0.2, 0.25) is 5.02 Å². The zero-order valence-corrected chi connectivity index (χ0v) is 15.3. The summed E-state index contributed by atoms with van der Waals surface area (Å²) in [6.07, 6.45) is 1.49. The fourth-order valence-corrected chi connectivity index (χ4v) is 2.93. The first-order valence-electron chi connectivity index (χ1n) is 7.94. The number of aromatic nitrogens is 3. The summed E-state index contributed by atoms with van der Waals surface area (Å²) in [6, 6.07) is 17.0. The number of hydrogen-bond acceptors (Lipinski definition) is 4. The molecule has 0 spiro atoms. The third-order valence-electron chi connectivity index (χ3n) is 3.80. The van der Waals surface area contributed by atoms with Crippen molar-refractivity contribution in [3.63, 3.8) is 0 Å². The molecule has 8 heteroatoms. The Morgan fingerprint density at radius 3 is 2.81 bits per heavy atom. The van der Waals surface area contributed by atoms with Gasteiger partial charge in [0.1, 0.15) is 17.3 Å².